The first-order chi connectivity index (χ1) is 9.58. The summed E-state index contributed by atoms with van der Waals surface area (Å²) in [7, 11) is 0. The fourth-order valence-electron chi connectivity index (χ4n) is 4.44. The van der Waals surface area contributed by atoms with E-state index in [4.69, 9.17) is 0 Å². The molecule has 0 aromatic rings. The van der Waals surface area contributed by atoms with Crippen LogP contribution in [0.2, 0.25) is 0 Å². The van der Waals surface area contributed by atoms with Gasteiger partial charge in [0.15, 0.2) is 0 Å². The summed E-state index contributed by atoms with van der Waals surface area (Å²) < 4.78 is 28.4. The smallest absolute Gasteiger partial charge is 0.113 e. The van der Waals surface area contributed by atoms with Crippen LogP contribution in [0.4, 0.5) is 8.78 Å². The molecule has 3 aliphatic rings. The predicted octanol–water partition coefficient (Wildman–Crippen LogP) is 2.04. The van der Waals surface area contributed by atoms with Gasteiger partial charge in [0.2, 0.25) is 0 Å². The molecule has 3 fully saturated rings. The molecule has 2 heterocycles. The Hall–Kier alpha value is -0.260. The minimum absolute atomic E-state index is 0.0384. The van der Waals surface area contributed by atoms with Gasteiger partial charge in [0.25, 0.3) is 0 Å². The molecule has 0 radical (unpaired) electrons. The van der Waals surface area contributed by atoms with E-state index in [1.165, 1.54) is 0 Å². The molecule has 1 saturated carbocycles. The Morgan fingerprint density at radius 1 is 1.15 bits per heavy atom. The van der Waals surface area contributed by atoms with E-state index in [0.717, 1.165) is 19.5 Å². The lowest BCUT2D eigenvalue weighted by atomic mass is 9.71. The molecule has 0 aromatic carbocycles. The van der Waals surface area contributed by atoms with Crippen molar-refractivity contribution in [3.8, 4) is 0 Å². The van der Waals surface area contributed by atoms with Crippen LogP contribution < -0.4 is 10.6 Å². The van der Waals surface area contributed by atoms with Crippen molar-refractivity contribution in [2.75, 3.05) is 13.2 Å². The van der Waals surface area contributed by atoms with Crippen LogP contribution >= 0.6 is 0 Å². The standard InChI is InChI=1S/C15H27F2N3/c1-9(2)20-8-19-13-5-3-4-12(17)14(13)11-6-10(16)7-18-15(11)20/h9-15,18-19H,3-8H2,1-2H3. The molecule has 6 unspecified atom stereocenters. The third-order valence-corrected chi connectivity index (χ3v) is 5.41. The molecule has 116 valence electrons. The number of alkyl halides is 2. The molecular formula is C15H27F2N3. The topological polar surface area (TPSA) is 27.3 Å². The summed E-state index contributed by atoms with van der Waals surface area (Å²) in [6.07, 6.45) is 1.61. The number of halogens is 2. The van der Waals surface area contributed by atoms with Crippen molar-refractivity contribution in [1.82, 2.24) is 15.5 Å². The Morgan fingerprint density at radius 3 is 2.70 bits per heavy atom. The van der Waals surface area contributed by atoms with E-state index in [1.807, 2.05) is 0 Å². The van der Waals surface area contributed by atoms with Crippen molar-refractivity contribution in [3.05, 3.63) is 0 Å². The quantitative estimate of drug-likeness (QED) is 0.773. The maximum absolute atomic E-state index is 14.5. The largest absolute Gasteiger partial charge is 0.301 e. The van der Waals surface area contributed by atoms with Gasteiger partial charge in [-0.2, -0.15) is 0 Å². The van der Waals surface area contributed by atoms with Gasteiger partial charge < -0.3 is 5.32 Å². The summed E-state index contributed by atoms with van der Waals surface area (Å²) >= 11 is 0. The van der Waals surface area contributed by atoms with E-state index >= 15 is 0 Å². The van der Waals surface area contributed by atoms with E-state index in [2.05, 4.69) is 29.4 Å². The molecule has 2 N–H and O–H groups in total. The van der Waals surface area contributed by atoms with Crippen LogP contribution in [0.5, 0.6) is 0 Å². The zero-order valence-electron chi connectivity index (χ0n) is 12.5. The molecular weight excluding hydrogens is 260 g/mol. The molecule has 0 amide bonds. The Balaban J connectivity index is 1.89. The number of nitrogens with one attached hydrogen (secondary N) is 2. The Morgan fingerprint density at radius 2 is 1.95 bits per heavy atom. The van der Waals surface area contributed by atoms with Crippen LogP contribution in [0.1, 0.15) is 39.5 Å². The van der Waals surface area contributed by atoms with Gasteiger partial charge in [0.1, 0.15) is 12.3 Å². The van der Waals surface area contributed by atoms with Crippen LogP contribution in [0, 0.1) is 11.8 Å². The van der Waals surface area contributed by atoms with Crippen LogP contribution in [-0.2, 0) is 0 Å². The van der Waals surface area contributed by atoms with Crippen LogP contribution in [-0.4, -0.2) is 48.7 Å². The van der Waals surface area contributed by atoms with Crippen molar-refractivity contribution in [3.63, 3.8) is 0 Å². The summed E-state index contributed by atoms with van der Waals surface area (Å²) in [5.74, 6) is 0.0417. The second kappa shape index (κ2) is 5.85. The van der Waals surface area contributed by atoms with Crippen molar-refractivity contribution >= 4 is 0 Å². The number of rotatable bonds is 1. The lowest BCUT2D eigenvalue weighted by Gasteiger charge is -2.46. The van der Waals surface area contributed by atoms with Gasteiger partial charge in [-0.3, -0.25) is 10.2 Å². The molecule has 5 heteroatoms. The highest BCUT2D eigenvalue weighted by Crippen LogP contribution is 2.41. The minimum atomic E-state index is -0.835. The van der Waals surface area contributed by atoms with E-state index < -0.39 is 12.3 Å². The van der Waals surface area contributed by atoms with Crippen LogP contribution in [0.25, 0.3) is 0 Å². The molecule has 0 spiro atoms. The Kier molecular flexibility index (Phi) is 4.29. The van der Waals surface area contributed by atoms with Crippen LogP contribution in [0.15, 0.2) is 0 Å². The normalized spacial score (nSPS) is 46.6. The first-order valence-electron chi connectivity index (χ1n) is 8.08. The first-order valence-corrected chi connectivity index (χ1v) is 8.08. The number of fused-ring (bicyclic) bond motifs is 3. The highest BCUT2D eigenvalue weighted by molar-refractivity contribution is 5.00. The Bertz CT molecular complexity index is 339. The zero-order valence-corrected chi connectivity index (χ0v) is 12.5. The monoisotopic (exact) mass is 287 g/mol. The van der Waals surface area contributed by atoms with Gasteiger partial charge >= 0.3 is 0 Å². The number of piperidine rings is 1. The maximum atomic E-state index is 14.5. The van der Waals surface area contributed by atoms with Gasteiger partial charge in [-0.05, 0) is 45.4 Å². The van der Waals surface area contributed by atoms with E-state index in [0.29, 0.717) is 25.4 Å². The third-order valence-electron chi connectivity index (χ3n) is 5.41. The molecule has 6 atom stereocenters. The molecule has 3 rings (SSSR count). The van der Waals surface area contributed by atoms with Gasteiger partial charge in [0, 0.05) is 31.2 Å². The molecule has 0 aromatic heterocycles. The SMILES string of the molecule is CC(C)N1CNC2CCCC(F)C2C2CC(F)CNC21. The lowest BCUT2D eigenvalue weighted by Crippen LogP contribution is -2.59. The molecule has 20 heavy (non-hydrogen) atoms. The summed E-state index contributed by atoms with van der Waals surface area (Å²) in [6, 6.07) is 0.582. The number of hydrogen-bond acceptors (Lipinski definition) is 3. The van der Waals surface area contributed by atoms with Crippen molar-refractivity contribution in [2.45, 2.75) is 70.1 Å². The maximum Gasteiger partial charge on any atom is 0.113 e. The summed E-state index contributed by atoms with van der Waals surface area (Å²) in [4.78, 5) is 2.33. The second-order valence-electron chi connectivity index (χ2n) is 6.95. The molecule has 1 aliphatic carbocycles. The van der Waals surface area contributed by atoms with E-state index in [9.17, 15) is 8.78 Å². The van der Waals surface area contributed by atoms with E-state index in [-0.39, 0.29) is 24.0 Å². The van der Waals surface area contributed by atoms with Crippen molar-refractivity contribution < 1.29 is 8.78 Å². The predicted molar refractivity (Wildman–Crippen MR) is 75.8 cm³/mol. The van der Waals surface area contributed by atoms with Crippen molar-refractivity contribution in [1.29, 1.82) is 0 Å². The summed E-state index contributed by atoms with van der Waals surface area (Å²) in [6.45, 7) is 5.49. The van der Waals surface area contributed by atoms with Gasteiger partial charge in [-0.1, -0.05) is 0 Å². The molecule has 0 bridgehead atoms. The molecule has 3 nitrogen and oxygen atoms in total. The summed E-state index contributed by atoms with van der Waals surface area (Å²) in [5, 5.41) is 6.88. The highest BCUT2D eigenvalue weighted by atomic mass is 19.1. The average molecular weight is 287 g/mol. The van der Waals surface area contributed by atoms with Gasteiger partial charge in [0.05, 0.1) is 6.17 Å². The molecule has 2 aliphatic heterocycles. The lowest BCUT2D eigenvalue weighted by molar-refractivity contribution is -0.00575. The van der Waals surface area contributed by atoms with E-state index in [1.54, 1.807) is 0 Å². The number of hydrogen-bond donors (Lipinski definition) is 2. The second-order valence-corrected chi connectivity index (χ2v) is 6.95. The van der Waals surface area contributed by atoms with Gasteiger partial charge in [-0.15, -0.1) is 0 Å². The molecule has 2 saturated heterocycles. The summed E-state index contributed by atoms with van der Waals surface area (Å²) in [5.41, 5.74) is 0. The Labute approximate surface area is 120 Å². The highest BCUT2D eigenvalue weighted by Gasteiger charge is 2.48. The zero-order chi connectivity index (χ0) is 14.3. The van der Waals surface area contributed by atoms with Crippen molar-refractivity contribution in [2.24, 2.45) is 11.8 Å². The first kappa shape index (κ1) is 14.7. The van der Waals surface area contributed by atoms with Gasteiger partial charge in [-0.25, -0.2) is 8.78 Å². The fraction of sp³-hybridized carbons (Fsp3) is 1.00. The van der Waals surface area contributed by atoms with Crippen LogP contribution in [0.3, 0.4) is 0 Å². The third kappa shape index (κ3) is 2.60. The minimum Gasteiger partial charge on any atom is -0.301 e. The number of nitrogens with zero attached hydrogens (tertiary/aromatic N) is 1. The fourth-order valence-corrected chi connectivity index (χ4v) is 4.44. The average Bonchev–Trinajstić information content (AvgIpc) is 2.56.